The molecular weight excluding hydrogens is 451 g/mol. The van der Waals surface area contributed by atoms with Gasteiger partial charge in [-0.1, -0.05) is 40.4 Å². The van der Waals surface area contributed by atoms with E-state index in [1.165, 1.54) is 42.1 Å². The Morgan fingerprint density at radius 2 is 1.73 bits per heavy atom. The molecule has 3 rings (SSSR count). The summed E-state index contributed by atoms with van der Waals surface area (Å²) in [6.07, 6.45) is 2.06. The van der Waals surface area contributed by atoms with E-state index in [0.717, 1.165) is 0 Å². The normalized spacial score (nSPS) is 13.8. The highest BCUT2D eigenvalue weighted by atomic mass is 35.5. The lowest BCUT2D eigenvalue weighted by molar-refractivity contribution is -0.170. The van der Waals surface area contributed by atoms with Gasteiger partial charge in [-0.3, -0.25) is 14.4 Å². The van der Waals surface area contributed by atoms with Crippen LogP contribution in [0.1, 0.15) is 37.5 Å². The molecule has 156 valence electrons. The number of amides is 3. The van der Waals surface area contributed by atoms with Gasteiger partial charge in [-0.15, -0.1) is 0 Å². The summed E-state index contributed by atoms with van der Waals surface area (Å²) >= 11 is 13.4. The van der Waals surface area contributed by atoms with Crippen molar-refractivity contribution < 1.29 is 24.0 Å². The Hall–Kier alpha value is -2.55. The first kappa shape index (κ1) is 22.1. The number of hydrogen-bond donors (Lipinski definition) is 1. The van der Waals surface area contributed by atoms with Gasteiger partial charge in [-0.05, 0) is 48.8 Å². The Morgan fingerprint density at radius 1 is 1.10 bits per heavy atom. The highest BCUT2D eigenvalue weighted by Gasteiger charge is 2.40. The van der Waals surface area contributed by atoms with Crippen LogP contribution >= 0.6 is 35.0 Å². The molecule has 30 heavy (non-hydrogen) atoms. The number of thioether (sulfide) groups is 1. The van der Waals surface area contributed by atoms with Gasteiger partial charge < -0.3 is 10.2 Å². The monoisotopic (exact) mass is 466 g/mol. The number of rotatable bonds is 7. The van der Waals surface area contributed by atoms with Crippen molar-refractivity contribution in [2.45, 2.75) is 12.5 Å². The number of carbonyl (C=O) groups excluding carboxylic acids is 4. The van der Waals surface area contributed by atoms with E-state index in [9.17, 15) is 19.2 Å². The quantitative estimate of drug-likeness (QED) is 0.626. The molecule has 2 aromatic carbocycles. The van der Waals surface area contributed by atoms with Crippen molar-refractivity contribution in [3.05, 3.63) is 69.2 Å². The largest absolute Gasteiger partial charge is 0.355 e. The number of halogens is 2. The van der Waals surface area contributed by atoms with Crippen molar-refractivity contribution in [3.8, 4) is 0 Å². The average Bonchev–Trinajstić information content (AvgIpc) is 2.96. The molecule has 1 atom stereocenters. The highest BCUT2D eigenvalue weighted by molar-refractivity contribution is 7.98. The van der Waals surface area contributed by atoms with Crippen LogP contribution in [-0.2, 0) is 9.63 Å². The molecule has 1 N–H and O–H groups in total. The van der Waals surface area contributed by atoms with E-state index < -0.39 is 29.7 Å². The van der Waals surface area contributed by atoms with E-state index >= 15 is 0 Å². The number of nitrogens with one attached hydrogen (secondary N) is 1. The van der Waals surface area contributed by atoms with E-state index in [1.807, 2.05) is 6.26 Å². The van der Waals surface area contributed by atoms with Crippen molar-refractivity contribution in [3.63, 3.8) is 0 Å². The maximum atomic E-state index is 12.7. The lowest BCUT2D eigenvalue weighted by Crippen LogP contribution is -2.45. The van der Waals surface area contributed by atoms with Gasteiger partial charge in [-0.2, -0.15) is 11.8 Å². The van der Waals surface area contributed by atoms with Crippen molar-refractivity contribution >= 4 is 58.7 Å². The summed E-state index contributed by atoms with van der Waals surface area (Å²) in [7, 11) is 0. The third-order valence-corrected chi connectivity index (χ3v) is 5.51. The smallest absolute Gasteiger partial charge is 0.338 e. The molecule has 0 bridgehead atoms. The van der Waals surface area contributed by atoms with E-state index in [0.29, 0.717) is 15.8 Å². The van der Waals surface area contributed by atoms with Crippen LogP contribution in [0.4, 0.5) is 0 Å². The van der Waals surface area contributed by atoms with Crippen molar-refractivity contribution in [2.24, 2.45) is 0 Å². The Balaban J connectivity index is 1.75. The molecule has 0 saturated carbocycles. The van der Waals surface area contributed by atoms with Crippen molar-refractivity contribution in [1.29, 1.82) is 0 Å². The Bertz CT molecular complexity index is 995. The molecule has 0 radical (unpaired) electrons. The third kappa shape index (κ3) is 4.61. The molecule has 10 heteroatoms. The van der Waals surface area contributed by atoms with E-state index in [2.05, 4.69) is 5.32 Å². The van der Waals surface area contributed by atoms with Gasteiger partial charge in [0.2, 0.25) is 0 Å². The summed E-state index contributed by atoms with van der Waals surface area (Å²) in [4.78, 5) is 55.2. The fourth-order valence-corrected chi connectivity index (χ4v) is 3.76. The Kier molecular flexibility index (Phi) is 7.02. The number of benzene rings is 2. The van der Waals surface area contributed by atoms with Crippen LogP contribution in [0.15, 0.2) is 42.5 Å². The molecule has 2 aromatic rings. The molecule has 0 fully saturated rings. The first-order valence-corrected chi connectivity index (χ1v) is 10.9. The van der Waals surface area contributed by atoms with Crippen LogP contribution in [-0.4, -0.2) is 46.8 Å². The summed E-state index contributed by atoms with van der Waals surface area (Å²) in [5.74, 6) is -2.49. The second-order valence-electron chi connectivity index (χ2n) is 6.29. The average molecular weight is 467 g/mol. The number of fused-ring (bicyclic) bond motifs is 1. The van der Waals surface area contributed by atoms with Crippen LogP contribution in [0.5, 0.6) is 0 Å². The molecule has 1 unspecified atom stereocenters. The van der Waals surface area contributed by atoms with E-state index in [1.54, 1.807) is 12.1 Å². The van der Waals surface area contributed by atoms with Crippen LogP contribution in [0.2, 0.25) is 10.0 Å². The molecule has 0 saturated heterocycles. The molecule has 0 aliphatic carbocycles. The standard InChI is InChI=1S/C20H16Cl2N2O5S/c1-30-9-8-16(23-17(25)14-7-6-11(21)10-15(14)22)20(28)29-24-18(26)12-4-2-3-5-13(12)19(24)27/h2-7,10,16H,8-9H2,1H3,(H,23,25). The maximum Gasteiger partial charge on any atom is 0.355 e. The summed E-state index contributed by atoms with van der Waals surface area (Å²) in [5.41, 5.74) is 0.421. The van der Waals surface area contributed by atoms with Gasteiger partial charge in [0.25, 0.3) is 17.7 Å². The number of hydroxylamine groups is 2. The summed E-state index contributed by atoms with van der Waals surface area (Å²) in [6.45, 7) is 0. The van der Waals surface area contributed by atoms with Gasteiger partial charge in [0.05, 0.1) is 21.7 Å². The van der Waals surface area contributed by atoms with Crippen LogP contribution < -0.4 is 5.32 Å². The van der Waals surface area contributed by atoms with E-state index in [4.69, 9.17) is 28.0 Å². The van der Waals surface area contributed by atoms with Gasteiger partial charge >= 0.3 is 5.97 Å². The topological polar surface area (TPSA) is 92.8 Å². The summed E-state index contributed by atoms with van der Waals surface area (Å²) in [6, 6.07) is 9.39. The van der Waals surface area contributed by atoms with Gasteiger partial charge in [-0.25, -0.2) is 4.79 Å². The fraction of sp³-hybridized carbons (Fsp3) is 0.200. The molecule has 1 aliphatic rings. The lowest BCUT2D eigenvalue weighted by Gasteiger charge is -2.20. The van der Waals surface area contributed by atoms with Gasteiger partial charge in [0.1, 0.15) is 6.04 Å². The van der Waals surface area contributed by atoms with Crippen LogP contribution in [0.25, 0.3) is 0 Å². The molecule has 1 heterocycles. The Morgan fingerprint density at radius 3 is 2.30 bits per heavy atom. The molecular formula is C20H16Cl2N2O5S. The molecule has 7 nitrogen and oxygen atoms in total. The highest BCUT2D eigenvalue weighted by Crippen LogP contribution is 2.24. The van der Waals surface area contributed by atoms with Crippen molar-refractivity contribution in [1.82, 2.24) is 10.4 Å². The van der Waals surface area contributed by atoms with Crippen LogP contribution in [0, 0.1) is 0 Å². The molecule has 3 amide bonds. The minimum absolute atomic E-state index is 0.123. The zero-order valence-corrected chi connectivity index (χ0v) is 18.0. The van der Waals surface area contributed by atoms with Gasteiger partial charge in [0.15, 0.2) is 0 Å². The zero-order chi connectivity index (χ0) is 21.8. The van der Waals surface area contributed by atoms with E-state index in [-0.39, 0.29) is 28.1 Å². The Labute approximate surface area is 186 Å². The second kappa shape index (κ2) is 9.51. The van der Waals surface area contributed by atoms with Crippen LogP contribution in [0.3, 0.4) is 0 Å². The maximum absolute atomic E-state index is 12.7. The minimum Gasteiger partial charge on any atom is -0.338 e. The minimum atomic E-state index is -1.10. The molecule has 0 aromatic heterocycles. The first-order chi connectivity index (χ1) is 14.3. The van der Waals surface area contributed by atoms with Crippen molar-refractivity contribution in [2.75, 3.05) is 12.0 Å². The SMILES string of the molecule is CSCCC(NC(=O)c1ccc(Cl)cc1Cl)C(=O)ON1C(=O)c2ccccc2C1=O. The molecule has 1 aliphatic heterocycles. The predicted molar refractivity (Wildman–Crippen MR) is 114 cm³/mol. The predicted octanol–water partition coefficient (Wildman–Crippen LogP) is 3.60. The second-order valence-corrected chi connectivity index (χ2v) is 8.12. The third-order valence-electron chi connectivity index (χ3n) is 4.31. The summed E-state index contributed by atoms with van der Waals surface area (Å²) < 4.78 is 0. The summed E-state index contributed by atoms with van der Waals surface area (Å²) in [5, 5.41) is 3.45. The number of imide groups is 1. The zero-order valence-electron chi connectivity index (χ0n) is 15.7. The first-order valence-electron chi connectivity index (χ1n) is 8.78. The number of carbonyl (C=O) groups is 4. The number of nitrogens with zero attached hydrogens (tertiary/aromatic N) is 1. The fourth-order valence-electron chi connectivity index (χ4n) is 2.80. The number of hydrogen-bond acceptors (Lipinski definition) is 6. The van der Waals surface area contributed by atoms with Gasteiger partial charge in [0, 0.05) is 5.02 Å². The lowest BCUT2D eigenvalue weighted by atomic mass is 10.1. The molecule has 0 spiro atoms.